The lowest BCUT2D eigenvalue weighted by Crippen LogP contribution is -2.24. The zero-order valence-corrected chi connectivity index (χ0v) is 14.6. The molecule has 0 radical (unpaired) electrons. The van der Waals surface area contributed by atoms with E-state index in [4.69, 9.17) is 16.7 Å². The lowest BCUT2D eigenvalue weighted by molar-refractivity contribution is -0.119. The first-order valence-electron chi connectivity index (χ1n) is 7.77. The van der Waals surface area contributed by atoms with Gasteiger partial charge in [-0.3, -0.25) is 14.2 Å². The summed E-state index contributed by atoms with van der Waals surface area (Å²) in [5, 5.41) is 20.3. The quantitative estimate of drug-likeness (QED) is 0.691. The lowest BCUT2D eigenvalue weighted by Gasteiger charge is -2.13. The van der Waals surface area contributed by atoms with Crippen LogP contribution in [0.1, 0.15) is 28.9 Å². The zero-order valence-electron chi connectivity index (χ0n) is 13.8. The minimum atomic E-state index is -1.09. The normalized spacial score (nSPS) is 11.9. The Labute approximate surface area is 154 Å². The van der Waals surface area contributed by atoms with E-state index in [2.05, 4.69) is 15.5 Å². The molecule has 0 saturated heterocycles. The molecule has 2 aromatic heterocycles. The molecule has 0 aliphatic carbocycles. The van der Waals surface area contributed by atoms with E-state index in [9.17, 15) is 9.59 Å². The molecule has 1 unspecified atom stereocenters. The van der Waals surface area contributed by atoms with Crippen molar-refractivity contribution in [2.24, 2.45) is 0 Å². The van der Waals surface area contributed by atoms with E-state index in [0.717, 1.165) is 5.56 Å². The molecule has 0 saturated carbocycles. The van der Waals surface area contributed by atoms with Crippen molar-refractivity contribution in [1.29, 1.82) is 0 Å². The van der Waals surface area contributed by atoms with Crippen molar-refractivity contribution in [3.8, 4) is 0 Å². The average molecular weight is 374 g/mol. The van der Waals surface area contributed by atoms with E-state index in [1.54, 1.807) is 36.1 Å². The van der Waals surface area contributed by atoms with Gasteiger partial charge in [0.15, 0.2) is 0 Å². The smallest absolute Gasteiger partial charge is 0.338 e. The van der Waals surface area contributed by atoms with Crippen LogP contribution in [0.3, 0.4) is 0 Å². The highest BCUT2D eigenvalue weighted by molar-refractivity contribution is 6.30. The molecule has 1 aromatic carbocycles. The largest absolute Gasteiger partial charge is 0.478 e. The molecule has 2 heterocycles. The molecule has 134 valence electrons. The van der Waals surface area contributed by atoms with Crippen LogP contribution in [-0.4, -0.2) is 36.5 Å². The number of aromatic carboxylic acids is 1. The van der Waals surface area contributed by atoms with E-state index in [1.165, 1.54) is 17.1 Å². The summed E-state index contributed by atoms with van der Waals surface area (Å²) in [7, 11) is 0. The maximum absolute atomic E-state index is 12.3. The van der Waals surface area contributed by atoms with E-state index in [-0.39, 0.29) is 11.5 Å². The number of nitrogens with zero attached hydrogens (tertiary/aromatic N) is 4. The SMILES string of the molecule is CC(C(=O)Nc1ccc(Cn2cc(Cl)cn2)cc1)n1cc(C(=O)O)cn1. The number of rotatable bonds is 6. The van der Waals surface area contributed by atoms with Crippen molar-refractivity contribution in [2.75, 3.05) is 5.32 Å². The van der Waals surface area contributed by atoms with E-state index in [0.29, 0.717) is 17.3 Å². The predicted molar refractivity (Wildman–Crippen MR) is 95.3 cm³/mol. The number of benzene rings is 1. The molecule has 8 nitrogen and oxygen atoms in total. The number of hydrogen-bond donors (Lipinski definition) is 2. The van der Waals surface area contributed by atoms with Gasteiger partial charge < -0.3 is 10.4 Å². The summed E-state index contributed by atoms with van der Waals surface area (Å²) in [5.41, 5.74) is 1.68. The molecule has 0 aliphatic rings. The van der Waals surface area contributed by atoms with Gasteiger partial charge in [-0.25, -0.2) is 4.79 Å². The van der Waals surface area contributed by atoms with Crippen molar-refractivity contribution < 1.29 is 14.7 Å². The molecule has 0 fully saturated rings. The Morgan fingerprint density at radius 3 is 2.50 bits per heavy atom. The van der Waals surface area contributed by atoms with Gasteiger partial charge in [0, 0.05) is 18.1 Å². The summed E-state index contributed by atoms with van der Waals surface area (Å²) in [6.45, 7) is 2.21. The second kappa shape index (κ2) is 7.40. The maximum atomic E-state index is 12.3. The number of amides is 1. The molecule has 26 heavy (non-hydrogen) atoms. The van der Waals surface area contributed by atoms with Crippen molar-refractivity contribution in [3.63, 3.8) is 0 Å². The second-order valence-corrected chi connectivity index (χ2v) is 6.17. The molecule has 0 bridgehead atoms. The minimum Gasteiger partial charge on any atom is -0.478 e. The number of carbonyl (C=O) groups is 2. The number of carbonyl (C=O) groups excluding carboxylic acids is 1. The summed E-state index contributed by atoms with van der Waals surface area (Å²) < 4.78 is 3.03. The summed E-state index contributed by atoms with van der Waals surface area (Å²) in [5.74, 6) is -1.38. The molecule has 0 aliphatic heterocycles. The number of carboxylic acids is 1. The Hall–Kier alpha value is -3.13. The van der Waals surface area contributed by atoms with E-state index in [1.807, 2.05) is 12.1 Å². The molecule has 0 spiro atoms. The Kier molecular flexibility index (Phi) is 5.04. The van der Waals surface area contributed by atoms with Crippen molar-refractivity contribution >= 4 is 29.2 Å². The molecule has 2 N–H and O–H groups in total. The van der Waals surface area contributed by atoms with Crippen LogP contribution in [0.5, 0.6) is 0 Å². The maximum Gasteiger partial charge on any atom is 0.338 e. The topological polar surface area (TPSA) is 102 Å². The van der Waals surface area contributed by atoms with Gasteiger partial charge in [-0.05, 0) is 24.6 Å². The van der Waals surface area contributed by atoms with Crippen LogP contribution in [0.15, 0.2) is 49.1 Å². The van der Waals surface area contributed by atoms with Gasteiger partial charge in [0.05, 0.1) is 29.5 Å². The summed E-state index contributed by atoms with van der Waals surface area (Å²) in [4.78, 5) is 23.2. The van der Waals surface area contributed by atoms with Gasteiger partial charge in [-0.2, -0.15) is 10.2 Å². The molecule has 9 heteroatoms. The second-order valence-electron chi connectivity index (χ2n) is 5.73. The van der Waals surface area contributed by atoms with Gasteiger partial charge in [0.2, 0.25) is 5.91 Å². The fraction of sp³-hybridized carbons (Fsp3) is 0.176. The predicted octanol–water partition coefficient (Wildman–Crippen LogP) is 2.68. The van der Waals surface area contributed by atoms with Crippen LogP contribution in [-0.2, 0) is 11.3 Å². The average Bonchev–Trinajstić information content (AvgIpc) is 3.25. The fourth-order valence-corrected chi connectivity index (χ4v) is 2.49. The van der Waals surface area contributed by atoms with Crippen LogP contribution in [0.25, 0.3) is 0 Å². The monoisotopic (exact) mass is 373 g/mol. The van der Waals surface area contributed by atoms with E-state index < -0.39 is 12.0 Å². The van der Waals surface area contributed by atoms with Crippen molar-refractivity contribution in [1.82, 2.24) is 19.6 Å². The van der Waals surface area contributed by atoms with Crippen LogP contribution < -0.4 is 5.32 Å². The molecule has 1 amide bonds. The summed E-state index contributed by atoms with van der Waals surface area (Å²) >= 11 is 5.84. The molecular weight excluding hydrogens is 358 g/mol. The van der Waals surface area contributed by atoms with Gasteiger partial charge in [0.1, 0.15) is 6.04 Å². The van der Waals surface area contributed by atoms with Crippen molar-refractivity contribution in [2.45, 2.75) is 19.5 Å². The van der Waals surface area contributed by atoms with E-state index >= 15 is 0 Å². The third kappa shape index (κ3) is 4.09. The Morgan fingerprint density at radius 1 is 1.19 bits per heavy atom. The number of anilines is 1. The third-order valence-corrected chi connectivity index (χ3v) is 3.99. The standard InChI is InChI=1S/C17H16ClN5O3/c1-11(23-9-13(6-20-23)17(25)26)16(24)21-15-4-2-12(3-5-15)8-22-10-14(18)7-19-22/h2-7,9-11H,8H2,1H3,(H,21,24)(H,25,26). The summed E-state index contributed by atoms with van der Waals surface area (Å²) in [6.07, 6.45) is 5.84. The van der Waals surface area contributed by atoms with Crippen LogP contribution in [0.2, 0.25) is 5.02 Å². The summed E-state index contributed by atoms with van der Waals surface area (Å²) in [6, 6.07) is 6.70. The number of carboxylic acid groups (broad SMARTS) is 1. The first-order chi connectivity index (χ1) is 12.4. The van der Waals surface area contributed by atoms with Crippen molar-refractivity contribution in [3.05, 3.63) is 65.2 Å². The van der Waals surface area contributed by atoms with Gasteiger partial charge in [-0.15, -0.1) is 0 Å². The minimum absolute atomic E-state index is 0.0349. The van der Waals surface area contributed by atoms with Gasteiger partial charge >= 0.3 is 5.97 Å². The number of halogens is 1. The zero-order chi connectivity index (χ0) is 18.7. The molecule has 3 rings (SSSR count). The van der Waals surface area contributed by atoms with Gasteiger partial charge in [0.25, 0.3) is 0 Å². The highest BCUT2D eigenvalue weighted by atomic mass is 35.5. The number of nitrogens with one attached hydrogen (secondary N) is 1. The lowest BCUT2D eigenvalue weighted by atomic mass is 10.2. The Bertz CT molecular complexity index is 932. The Balaban J connectivity index is 1.62. The molecule has 3 aromatic rings. The fourth-order valence-electron chi connectivity index (χ4n) is 2.33. The molecule has 1 atom stereocenters. The Morgan fingerprint density at radius 2 is 1.92 bits per heavy atom. The third-order valence-electron chi connectivity index (χ3n) is 3.79. The highest BCUT2D eigenvalue weighted by Crippen LogP contribution is 2.15. The first kappa shape index (κ1) is 17.7. The molecular formula is C17H16ClN5O3. The van der Waals surface area contributed by atoms with Crippen LogP contribution >= 0.6 is 11.6 Å². The first-order valence-corrected chi connectivity index (χ1v) is 8.15. The number of aromatic nitrogens is 4. The number of hydrogen-bond acceptors (Lipinski definition) is 4. The van der Waals surface area contributed by atoms with Gasteiger partial charge in [-0.1, -0.05) is 23.7 Å². The van der Waals surface area contributed by atoms with Crippen LogP contribution in [0.4, 0.5) is 5.69 Å². The highest BCUT2D eigenvalue weighted by Gasteiger charge is 2.17. The van der Waals surface area contributed by atoms with Crippen LogP contribution in [0, 0.1) is 0 Å².